The number of carbonyl (C=O) groups is 3. The van der Waals surface area contributed by atoms with E-state index in [2.05, 4.69) is 0 Å². The zero-order valence-electron chi connectivity index (χ0n) is 14.2. The van der Waals surface area contributed by atoms with Crippen molar-refractivity contribution in [2.45, 2.75) is 25.1 Å². The normalized spacial score (nSPS) is 18.0. The first-order valence-corrected chi connectivity index (χ1v) is 8.29. The first-order chi connectivity index (χ1) is 13.2. The minimum absolute atomic E-state index is 0.0798. The first-order valence-electron chi connectivity index (χ1n) is 8.29. The van der Waals surface area contributed by atoms with Crippen molar-refractivity contribution in [3.05, 3.63) is 64.7 Å². The van der Waals surface area contributed by atoms with Crippen LogP contribution in [0.15, 0.2) is 42.5 Å². The second kappa shape index (κ2) is 6.36. The Labute approximate surface area is 156 Å². The average Bonchev–Trinajstić information content (AvgIpc) is 3.14. The third kappa shape index (κ3) is 3.08. The van der Waals surface area contributed by atoms with Crippen molar-refractivity contribution in [1.29, 1.82) is 0 Å². The monoisotopic (exact) mass is 391 g/mol. The van der Waals surface area contributed by atoms with Crippen LogP contribution in [-0.4, -0.2) is 29.0 Å². The van der Waals surface area contributed by atoms with Crippen LogP contribution >= 0.6 is 0 Å². The maximum atomic E-state index is 12.8. The van der Waals surface area contributed by atoms with E-state index in [0.717, 1.165) is 12.1 Å². The lowest BCUT2D eigenvalue weighted by atomic mass is 10.1. The van der Waals surface area contributed by atoms with Crippen molar-refractivity contribution in [2.75, 3.05) is 0 Å². The molecule has 2 aliphatic heterocycles. The van der Waals surface area contributed by atoms with Gasteiger partial charge in [-0.1, -0.05) is 17.2 Å². The summed E-state index contributed by atoms with van der Waals surface area (Å²) in [6.45, 7) is 0. The lowest BCUT2D eigenvalue weighted by molar-refractivity contribution is -0.170. The summed E-state index contributed by atoms with van der Waals surface area (Å²) < 4.78 is 43.8. The predicted molar refractivity (Wildman–Crippen MR) is 87.2 cm³/mol. The fourth-order valence-electron chi connectivity index (χ4n) is 3.19. The van der Waals surface area contributed by atoms with Gasteiger partial charge in [-0.15, -0.1) is 0 Å². The quantitative estimate of drug-likeness (QED) is 0.752. The van der Waals surface area contributed by atoms with Gasteiger partial charge in [-0.05, 0) is 35.9 Å². The van der Waals surface area contributed by atoms with Crippen molar-refractivity contribution in [2.24, 2.45) is 0 Å². The Morgan fingerprint density at radius 2 is 1.75 bits per heavy atom. The van der Waals surface area contributed by atoms with Crippen molar-refractivity contribution < 1.29 is 37.1 Å². The summed E-state index contributed by atoms with van der Waals surface area (Å²) in [6, 6.07) is 9.12. The Kier molecular flexibility index (Phi) is 4.10. The molecular formula is C19H12F3NO5. The van der Waals surface area contributed by atoms with Gasteiger partial charge in [0, 0.05) is 6.42 Å². The number of benzene rings is 2. The molecule has 2 heterocycles. The highest BCUT2D eigenvalue weighted by molar-refractivity contribution is 6.20. The van der Waals surface area contributed by atoms with Gasteiger partial charge in [0.2, 0.25) is 0 Å². The molecule has 0 saturated carbocycles. The Morgan fingerprint density at radius 3 is 2.36 bits per heavy atom. The van der Waals surface area contributed by atoms with Crippen LogP contribution in [0.1, 0.15) is 38.3 Å². The lowest BCUT2D eigenvalue weighted by Gasteiger charge is -2.14. The van der Waals surface area contributed by atoms with Gasteiger partial charge in [0.25, 0.3) is 11.8 Å². The summed E-state index contributed by atoms with van der Waals surface area (Å²) in [5.41, 5.74) is -0.216. The highest BCUT2D eigenvalue weighted by atomic mass is 19.4. The number of ether oxygens (including phenoxy) is 1. The number of imide groups is 1. The summed E-state index contributed by atoms with van der Waals surface area (Å²) in [4.78, 5) is 41.4. The minimum atomic E-state index is -4.47. The fourth-order valence-corrected chi connectivity index (χ4v) is 3.19. The first kappa shape index (κ1) is 18.0. The molecule has 2 aromatic carbocycles. The number of halogens is 3. The molecule has 0 radical (unpaired) electrons. The molecule has 0 saturated heterocycles. The minimum Gasteiger partial charge on any atom is -0.489 e. The molecule has 2 amide bonds. The molecule has 0 fully saturated rings. The molecule has 0 bridgehead atoms. The predicted octanol–water partition coefficient (Wildman–Crippen LogP) is 3.15. The van der Waals surface area contributed by atoms with Crippen molar-refractivity contribution in [3.8, 4) is 5.75 Å². The molecule has 2 aromatic rings. The number of nitrogens with zero attached hydrogens (tertiary/aromatic N) is 1. The van der Waals surface area contributed by atoms with E-state index in [1.165, 1.54) is 18.2 Å². The van der Waals surface area contributed by atoms with Gasteiger partial charge in [-0.2, -0.15) is 13.2 Å². The zero-order chi connectivity index (χ0) is 20.1. The van der Waals surface area contributed by atoms with Crippen molar-refractivity contribution in [1.82, 2.24) is 5.06 Å². The number of fused-ring (bicyclic) bond motifs is 2. The molecule has 4 rings (SSSR count). The number of carbonyl (C=O) groups excluding carboxylic acids is 3. The van der Waals surface area contributed by atoms with Crippen LogP contribution in [0.5, 0.6) is 5.75 Å². The van der Waals surface area contributed by atoms with Crippen molar-refractivity contribution in [3.63, 3.8) is 0 Å². The van der Waals surface area contributed by atoms with Crippen LogP contribution in [0.2, 0.25) is 0 Å². The number of hydrogen-bond acceptors (Lipinski definition) is 5. The summed E-state index contributed by atoms with van der Waals surface area (Å²) in [5.74, 6) is -2.14. The van der Waals surface area contributed by atoms with Gasteiger partial charge in [0.05, 0.1) is 23.1 Å². The molecule has 28 heavy (non-hydrogen) atoms. The number of amides is 2. The molecule has 9 heteroatoms. The van der Waals surface area contributed by atoms with Gasteiger partial charge in [-0.25, -0.2) is 4.79 Å². The molecule has 0 aromatic heterocycles. The summed E-state index contributed by atoms with van der Waals surface area (Å²) in [7, 11) is 0. The van der Waals surface area contributed by atoms with E-state index >= 15 is 0 Å². The van der Waals surface area contributed by atoms with E-state index in [1.54, 1.807) is 12.1 Å². The Hall–Kier alpha value is -3.36. The van der Waals surface area contributed by atoms with E-state index in [0.29, 0.717) is 10.6 Å². The summed E-state index contributed by atoms with van der Waals surface area (Å²) in [6.07, 6.45) is -5.47. The molecule has 0 aliphatic carbocycles. The topological polar surface area (TPSA) is 72.9 Å². The molecule has 1 atom stereocenters. The van der Waals surface area contributed by atoms with Gasteiger partial charge in [-0.3, -0.25) is 9.59 Å². The maximum absolute atomic E-state index is 12.8. The smallest absolute Gasteiger partial charge is 0.416 e. The number of hydrogen-bond donors (Lipinski definition) is 0. The maximum Gasteiger partial charge on any atom is 0.416 e. The Bertz CT molecular complexity index is 966. The lowest BCUT2D eigenvalue weighted by Crippen LogP contribution is -2.34. The molecule has 144 valence electrons. The van der Waals surface area contributed by atoms with Gasteiger partial charge in [0.1, 0.15) is 11.9 Å². The second-order valence-electron chi connectivity index (χ2n) is 6.38. The van der Waals surface area contributed by atoms with E-state index < -0.39 is 35.6 Å². The molecule has 1 unspecified atom stereocenters. The molecular weight excluding hydrogens is 379 g/mol. The highest BCUT2D eigenvalue weighted by Crippen LogP contribution is 2.36. The van der Waals surface area contributed by atoms with Crippen LogP contribution < -0.4 is 4.74 Å². The van der Waals surface area contributed by atoms with Crippen molar-refractivity contribution >= 4 is 17.8 Å². The Morgan fingerprint density at radius 1 is 1.11 bits per heavy atom. The molecule has 6 nitrogen and oxygen atoms in total. The standard InChI is InChI=1S/C19H12F3NO5/c20-19(21,22)11-5-6-15-10(7-11)8-12(27-15)9-16(24)28-23-17(25)13-3-1-2-4-14(13)18(23)26/h1-7,12H,8-9H2. The molecule has 0 spiro atoms. The third-order valence-electron chi connectivity index (χ3n) is 4.47. The van der Waals surface area contributed by atoms with Crippen LogP contribution in [0.25, 0.3) is 0 Å². The van der Waals surface area contributed by atoms with Crippen LogP contribution in [0.4, 0.5) is 13.2 Å². The summed E-state index contributed by atoms with van der Waals surface area (Å²) >= 11 is 0. The van der Waals surface area contributed by atoms with Gasteiger partial charge < -0.3 is 9.57 Å². The second-order valence-corrected chi connectivity index (χ2v) is 6.38. The van der Waals surface area contributed by atoms with E-state index in [1.807, 2.05) is 0 Å². The van der Waals surface area contributed by atoms with Gasteiger partial charge in [0.15, 0.2) is 0 Å². The number of hydroxylamine groups is 2. The van der Waals surface area contributed by atoms with E-state index in [4.69, 9.17) is 9.57 Å². The van der Waals surface area contributed by atoms with Crippen LogP contribution in [-0.2, 0) is 22.2 Å². The number of alkyl halides is 3. The third-order valence-corrected chi connectivity index (χ3v) is 4.47. The van der Waals surface area contributed by atoms with E-state index in [-0.39, 0.29) is 29.7 Å². The van der Waals surface area contributed by atoms with Crippen LogP contribution in [0.3, 0.4) is 0 Å². The van der Waals surface area contributed by atoms with Gasteiger partial charge >= 0.3 is 12.1 Å². The molecule has 0 N–H and O–H groups in total. The van der Waals surface area contributed by atoms with Crippen LogP contribution in [0, 0.1) is 0 Å². The SMILES string of the molecule is O=C(CC1Cc2cc(C(F)(F)F)ccc2O1)ON1C(=O)c2ccccc2C1=O. The Balaban J connectivity index is 1.40. The number of rotatable bonds is 3. The fraction of sp³-hybridized carbons (Fsp3) is 0.211. The molecule has 2 aliphatic rings. The zero-order valence-corrected chi connectivity index (χ0v) is 14.2. The highest BCUT2D eigenvalue weighted by Gasteiger charge is 2.39. The summed E-state index contributed by atoms with van der Waals surface area (Å²) in [5, 5.41) is 0.386. The van der Waals surface area contributed by atoms with E-state index in [9.17, 15) is 27.6 Å². The average molecular weight is 391 g/mol. The largest absolute Gasteiger partial charge is 0.489 e.